The zero-order valence-corrected chi connectivity index (χ0v) is 14.5. The molecule has 0 bridgehead atoms. The summed E-state index contributed by atoms with van der Waals surface area (Å²) in [5, 5.41) is 2.83. The van der Waals surface area contributed by atoms with Crippen LogP contribution in [0.25, 0.3) is 0 Å². The first-order valence-corrected chi connectivity index (χ1v) is 9.16. The van der Waals surface area contributed by atoms with Crippen LogP contribution >= 0.6 is 0 Å². The van der Waals surface area contributed by atoms with Gasteiger partial charge in [0.15, 0.2) is 0 Å². The van der Waals surface area contributed by atoms with Crippen molar-refractivity contribution in [1.29, 1.82) is 0 Å². The zero-order valence-electron chi connectivity index (χ0n) is 13.7. The van der Waals surface area contributed by atoms with Crippen LogP contribution in [0.5, 0.6) is 5.75 Å². The Morgan fingerprint density at radius 2 is 1.91 bits per heavy atom. The Morgan fingerprint density at radius 3 is 2.48 bits per heavy atom. The minimum Gasteiger partial charge on any atom is -0.495 e. The lowest BCUT2D eigenvalue weighted by Crippen LogP contribution is -2.51. The average molecular weight is 341 g/mol. The Hall–Kier alpha value is -1.80. The van der Waals surface area contributed by atoms with Crippen molar-refractivity contribution >= 4 is 21.7 Å². The van der Waals surface area contributed by atoms with E-state index in [1.807, 2.05) is 19.1 Å². The van der Waals surface area contributed by atoms with Gasteiger partial charge in [0.05, 0.1) is 18.6 Å². The van der Waals surface area contributed by atoms with Gasteiger partial charge in [0, 0.05) is 26.2 Å². The van der Waals surface area contributed by atoms with Crippen molar-refractivity contribution in [3.05, 3.63) is 23.8 Å². The summed E-state index contributed by atoms with van der Waals surface area (Å²) < 4.78 is 30.3. The van der Waals surface area contributed by atoms with E-state index in [2.05, 4.69) is 5.32 Å². The number of urea groups is 1. The molecule has 0 radical (unpaired) electrons. The van der Waals surface area contributed by atoms with Gasteiger partial charge in [-0.15, -0.1) is 0 Å². The molecule has 1 aliphatic rings. The van der Waals surface area contributed by atoms with Gasteiger partial charge < -0.3 is 15.0 Å². The number of anilines is 1. The zero-order chi connectivity index (χ0) is 17.0. The van der Waals surface area contributed by atoms with Crippen molar-refractivity contribution in [2.75, 3.05) is 44.4 Å². The van der Waals surface area contributed by atoms with Crippen LogP contribution in [-0.2, 0) is 10.0 Å². The molecule has 0 aliphatic carbocycles. The lowest BCUT2D eigenvalue weighted by atomic mass is 10.2. The SMILES string of the molecule is CCS(=O)(=O)N1CCN(C(=O)Nc2cc(C)ccc2OC)CC1. The standard InChI is InChI=1S/C15H23N3O4S/c1-4-23(20,21)18-9-7-17(8-10-18)15(19)16-13-11-12(2)5-6-14(13)22-3/h5-6,11H,4,7-10H2,1-3H3,(H,16,19). The van der Waals surface area contributed by atoms with E-state index in [4.69, 9.17) is 4.74 Å². The quantitative estimate of drug-likeness (QED) is 0.900. The van der Waals surface area contributed by atoms with Crippen LogP contribution in [0, 0.1) is 6.92 Å². The molecule has 0 atom stereocenters. The van der Waals surface area contributed by atoms with Crippen molar-refractivity contribution in [2.45, 2.75) is 13.8 Å². The normalized spacial score (nSPS) is 16.2. The smallest absolute Gasteiger partial charge is 0.322 e. The second-order valence-corrected chi connectivity index (χ2v) is 7.68. The molecule has 0 aromatic heterocycles. The Balaban J connectivity index is 2.00. The highest BCUT2D eigenvalue weighted by Gasteiger charge is 2.27. The molecular weight excluding hydrogens is 318 g/mol. The number of nitrogens with zero attached hydrogens (tertiary/aromatic N) is 2. The topological polar surface area (TPSA) is 79.0 Å². The number of methoxy groups -OCH3 is 1. The summed E-state index contributed by atoms with van der Waals surface area (Å²) in [5.74, 6) is 0.677. The van der Waals surface area contributed by atoms with Gasteiger partial charge in [-0.3, -0.25) is 0 Å². The second kappa shape index (κ2) is 7.18. The summed E-state index contributed by atoms with van der Waals surface area (Å²) >= 11 is 0. The van der Waals surface area contributed by atoms with E-state index < -0.39 is 10.0 Å². The first-order valence-electron chi connectivity index (χ1n) is 7.55. The van der Waals surface area contributed by atoms with Crippen LogP contribution in [0.1, 0.15) is 12.5 Å². The minimum absolute atomic E-state index is 0.0830. The Labute approximate surface area is 137 Å². The highest BCUT2D eigenvalue weighted by atomic mass is 32.2. The summed E-state index contributed by atoms with van der Waals surface area (Å²) in [5.41, 5.74) is 1.63. The van der Waals surface area contributed by atoms with Crippen LogP contribution in [0.3, 0.4) is 0 Å². The van der Waals surface area contributed by atoms with Crippen molar-refractivity contribution in [1.82, 2.24) is 9.21 Å². The average Bonchev–Trinajstić information content (AvgIpc) is 2.55. The van der Waals surface area contributed by atoms with E-state index in [0.717, 1.165) is 5.56 Å². The molecule has 1 heterocycles. The van der Waals surface area contributed by atoms with Crippen LogP contribution in [0.4, 0.5) is 10.5 Å². The van der Waals surface area contributed by atoms with Crippen LogP contribution < -0.4 is 10.1 Å². The number of carbonyl (C=O) groups is 1. The number of nitrogens with one attached hydrogen (secondary N) is 1. The predicted octanol–water partition coefficient (Wildman–Crippen LogP) is 1.50. The fraction of sp³-hybridized carbons (Fsp3) is 0.533. The summed E-state index contributed by atoms with van der Waals surface area (Å²) in [7, 11) is -1.64. The lowest BCUT2D eigenvalue weighted by molar-refractivity contribution is 0.184. The number of hydrogen-bond donors (Lipinski definition) is 1. The molecule has 0 unspecified atom stereocenters. The summed E-state index contributed by atoms with van der Waals surface area (Å²) in [6.07, 6.45) is 0. The van der Waals surface area contributed by atoms with E-state index in [1.165, 1.54) is 4.31 Å². The molecule has 2 rings (SSSR count). The van der Waals surface area contributed by atoms with Crippen LogP contribution in [0.15, 0.2) is 18.2 Å². The first-order chi connectivity index (χ1) is 10.9. The number of rotatable bonds is 4. The maximum atomic E-state index is 12.4. The third-order valence-corrected chi connectivity index (χ3v) is 5.76. The number of ether oxygens (including phenoxy) is 1. The van der Waals surface area contributed by atoms with Gasteiger partial charge in [0.1, 0.15) is 5.75 Å². The molecule has 1 fully saturated rings. The number of benzene rings is 1. The molecule has 7 nitrogen and oxygen atoms in total. The molecule has 1 saturated heterocycles. The molecule has 0 saturated carbocycles. The predicted molar refractivity (Wildman–Crippen MR) is 89.4 cm³/mol. The van der Waals surface area contributed by atoms with Crippen molar-refractivity contribution in [3.8, 4) is 5.75 Å². The fourth-order valence-corrected chi connectivity index (χ4v) is 3.55. The number of carbonyl (C=O) groups excluding carboxylic acids is 1. The number of sulfonamides is 1. The van der Waals surface area contributed by atoms with Crippen molar-refractivity contribution in [2.24, 2.45) is 0 Å². The molecule has 23 heavy (non-hydrogen) atoms. The maximum absolute atomic E-state index is 12.4. The molecular formula is C15H23N3O4S. The van der Waals surface area contributed by atoms with Gasteiger partial charge in [-0.1, -0.05) is 6.07 Å². The van der Waals surface area contributed by atoms with E-state index in [-0.39, 0.29) is 11.8 Å². The Bertz CT molecular complexity index is 667. The maximum Gasteiger partial charge on any atom is 0.322 e. The summed E-state index contributed by atoms with van der Waals surface area (Å²) in [6.45, 7) is 4.96. The van der Waals surface area contributed by atoms with Crippen molar-refractivity contribution < 1.29 is 17.9 Å². The molecule has 8 heteroatoms. The highest BCUT2D eigenvalue weighted by molar-refractivity contribution is 7.89. The van der Waals surface area contributed by atoms with E-state index in [1.54, 1.807) is 25.0 Å². The second-order valence-electron chi connectivity index (χ2n) is 5.42. The largest absolute Gasteiger partial charge is 0.495 e. The van der Waals surface area contributed by atoms with E-state index >= 15 is 0 Å². The van der Waals surface area contributed by atoms with Gasteiger partial charge in [0.25, 0.3) is 0 Å². The molecule has 1 N–H and O–H groups in total. The number of aryl methyl sites for hydroxylation is 1. The number of piperazine rings is 1. The fourth-order valence-electron chi connectivity index (χ4n) is 2.47. The summed E-state index contributed by atoms with van der Waals surface area (Å²) in [6, 6.07) is 5.30. The van der Waals surface area contributed by atoms with Crippen molar-refractivity contribution in [3.63, 3.8) is 0 Å². The van der Waals surface area contributed by atoms with Gasteiger partial charge in [-0.25, -0.2) is 13.2 Å². The van der Waals surface area contributed by atoms with Gasteiger partial charge in [0.2, 0.25) is 10.0 Å². The van der Waals surface area contributed by atoms with E-state index in [0.29, 0.717) is 37.6 Å². The third kappa shape index (κ3) is 4.14. The van der Waals surface area contributed by atoms with Gasteiger partial charge in [-0.2, -0.15) is 4.31 Å². The highest BCUT2D eigenvalue weighted by Crippen LogP contribution is 2.25. The number of amides is 2. The monoisotopic (exact) mass is 341 g/mol. The molecule has 0 spiro atoms. The Kier molecular flexibility index (Phi) is 5.48. The third-order valence-electron chi connectivity index (χ3n) is 3.88. The van der Waals surface area contributed by atoms with E-state index in [9.17, 15) is 13.2 Å². The first kappa shape index (κ1) is 17.6. The summed E-state index contributed by atoms with van der Waals surface area (Å²) in [4.78, 5) is 14.0. The van der Waals surface area contributed by atoms with Gasteiger partial charge >= 0.3 is 6.03 Å². The van der Waals surface area contributed by atoms with Crippen LogP contribution in [-0.4, -0.2) is 62.7 Å². The number of hydrogen-bond acceptors (Lipinski definition) is 4. The molecule has 1 aromatic carbocycles. The lowest BCUT2D eigenvalue weighted by Gasteiger charge is -2.33. The molecule has 1 aromatic rings. The Morgan fingerprint density at radius 1 is 1.26 bits per heavy atom. The van der Waals surface area contributed by atoms with Gasteiger partial charge in [-0.05, 0) is 31.5 Å². The minimum atomic E-state index is -3.19. The van der Waals surface area contributed by atoms with Crippen LogP contribution in [0.2, 0.25) is 0 Å². The molecule has 2 amide bonds. The molecule has 128 valence electrons. The molecule has 1 aliphatic heterocycles.